The van der Waals surface area contributed by atoms with E-state index in [9.17, 15) is 5.11 Å². The Morgan fingerprint density at radius 1 is 1.39 bits per heavy atom. The van der Waals surface area contributed by atoms with Crippen molar-refractivity contribution in [3.05, 3.63) is 55.7 Å². The highest BCUT2D eigenvalue weighted by Gasteiger charge is 2.37. The van der Waals surface area contributed by atoms with E-state index in [1.807, 2.05) is 0 Å². The van der Waals surface area contributed by atoms with Crippen molar-refractivity contribution in [3.63, 3.8) is 0 Å². The topological polar surface area (TPSA) is 20.2 Å². The zero-order valence-electron chi connectivity index (χ0n) is 10.2. The van der Waals surface area contributed by atoms with Crippen molar-refractivity contribution in [2.75, 3.05) is 0 Å². The van der Waals surface area contributed by atoms with Gasteiger partial charge in [0.25, 0.3) is 0 Å². The fourth-order valence-electron chi connectivity index (χ4n) is 2.74. The normalized spacial score (nSPS) is 22.2. The zero-order chi connectivity index (χ0) is 12.8. The number of hydrogen-bond acceptors (Lipinski definition) is 2. The molecule has 1 aliphatic rings. The Balaban J connectivity index is 1.96. The van der Waals surface area contributed by atoms with Gasteiger partial charge in [-0.2, -0.15) is 0 Å². The number of aliphatic hydroxyl groups is 1. The Labute approximate surface area is 120 Å². The average Bonchev–Trinajstić information content (AvgIpc) is 2.85. The maximum atomic E-state index is 10.9. The van der Waals surface area contributed by atoms with Gasteiger partial charge < -0.3 is 5.11 Å². The van der Waals surface area contributed by atoms with E-state index in [0.29, 0.717) is 0 Å². The summed E-state index contributed by atoms with van der Waals surface area (Å²) in [6, 6.07) is 8.54. The first kappa shape index (κ1) is 12.4. The van der Waals surface area contributed by atoms with Crippen LogP contribution in [0.2, 0.25) is 0 Å². The minimum absolute atomic E-state index is 0.675. The van der Waals surface area contributed by atoms with Gasteiger partial charge in [0.2, 0.25) is 0 Å². The molecule has 1 nitrogen and oxygen atoms in total. The Kier molecular flexibility index (Phi) is 3.08. The van der Waals surface area contributed by atoms with Gasteiger partial charge in [0.05, 0.1) is 5.60 Å². The molecule has 1 unspecified atom stereocenters. The lowest BCUT2D eigenvalue weighted by atomic mass is 9.91. The molecule has 18 heavy (non-hydrogen) atoms. The SMILES string of the molecule is Cc1ccc2c(c1)C(O)(Cc1cc(Br)cs1)CC2. The summed E-state index contributed by atoms with van der Waals surface area (Å²) in [5.41, 5.74) is 2.98. The molecular weight excluding hydrogens is 308 g/mol. The highest BCUT2D eigenvalue weighted by molar-refractivity contribution is 9.10. The molecular formula is C15H15BrOS. The van der Waals surface area contributed by atoms with Gasteiger partial charge in [-0.05, 0) is 52.9 Å². The maximum Gasteiger partial charge on any atom is 0.0950 e. The third-order valence-electron chi connectivity index (χ3n) is 3.66. The molecule has 0 saturated heterocycles. The summed E-state index contributed by atoms with van der Waals surface area (Å²) in [6.45, 7) is 2.08. The maximum absolute atomic E-state index is 10.9. The Hall–Kier alpha value is -0.640. The molecule has 1 atom stereocenters. The van der Waals surface area contributed by atoms with Crippen molar-refractivity contribution in [2.24, 2.45) is 0 Å². The number of aryl methyl sites for hydroxylation is 2. The minimum atomic E-state index is -0.675. The molecule has 1 aromatic carbocycles. The average molecular weight is 323 g/mol. The van der Waals surface area contributed by atoms with E-state index in [4.69, 9.17) is 0 Å². The predicted molar refractivity (Wildman–Crippen MR) is 79.1 cm³/mol. The molecule has 0 saturated carbocycles. The van der Waals surface area contributed by atoms with Crippen LogP contribution in [0.1, 0.15) is 28.0 Å². The molecule has 1 heterocycles. The Morgan fingerprint density at radius 2 is 2.22 bits per heavy atom. The zero-order valence-corrected chi connectivity index (χ0v) is 12.6. The lowest BCUT2D eigenvalue weighted by Gasteiger charge is -2.23. The summed E-state index contributed by atoms with van der Waals surface area (Å²) in [4.78, 5) is 1.23. The van der Waals surface area contributed by atoms with Crippen LogP contribution < -0.4 is 0 Å². The molecule has 1 N–H and O–H groups in total. The van der Waals surface area contributed by atoms with Crippen LogP contribution in [-0.4, -0.2) is 5.11 Å². The van der Waals surface area contributed by atoms with Gasteiger partial charge in [-0.3, -0.25) is 0 Å². The first-order chi connectivity index (χ1) is 8.57. The summed E-state index contributed by atoms with van der Waals surface area (Å²) in [5.74, 6) is 0. The molecule has 0 fully saturated rings. The summed E-state index contributed by atoms with van der Waals surface area (Å²) >= 11 is 5.18. The molecule has 0 radical (unpaired) electrons. The summed E-state index contributed by atoms with van der Waals surface area (Å²) in [6.07, 6.45) is 2.54. The number of halogens is 1. The fraction of sp³-hybridized carbons (Fsp3) is 0.333. The van der Waals surface area contributed by atoms with E-state index in [-0.39, 0.29) is 0 Å². The van der Waals surface area contributed by atoms with E-state index < -0.39 is 5.60 Å². The Bertz CT molecular complexity index is 590. The van der Waals surface area contributed by atoms with Gasteiger partial charge >= 0.3 is 0 Å². The highest BCUT2D eigenvalue weighted by atomic mass is 79.9. The van der Waals surface area contributed by atoms with Crippen LogP contribution in [-0.2, 0) is 18.4 Å². The van der Waals surface area contributed by atoms with Crippen LogP contribution >= 0.6 is 27.3 Å². The van der Waals surface area contributed by atoms with Gasteiger partial charge in [0.15, 0.2) is 0 Å². The monoisotopic (exact) mass is 322 g/mol. The van der Waals surface area contributed by atoms with Gasteiger partial charge in [-0.15, -0.1) is 11.3 Å². The van der Waals surface area contributed by atoms with E-state index in [0.717, 1.165) is 29.3 Å². The van der Waals surface area contributed by atoms with E-state index >= 15 is 0 Å². The van der Waals surface area contributed by atoms with Crippen molar-refractivity contribution in [1.29, 1.82) is 0 Å². The van der Waals surface area contributed by atoms with Crippen molar-refractivity contribution in [1.82, 2.24) is 0 Å². The van der Waals surface area contributed by atoms with Crippen molar-refractivity contribution in [3.8, 4) is 0 Å². The molecule has 3 heteroatoms. The minimum Gasteiger partial charge on any atom is -0.385 e. The third-order valence-corrected chi connectivity index (χ3v) is 5.36. The van der Waals surface area contributed by atoms with Crippen LogP contribution in [0.3, 0.4) is 0 Å². The van der Waals surface area contributed by atoms with Crippen LogP contribution in [0, 0.1) is 6.92 Å². The van der Waals surface area contributed by atoms with Crippen molar-refractivity contribution in [2.45, 2.75) is 31.8 Å². The van der Waals surface area contributed by atoms with Gasteiger partial charge in [-0.1, -0.05) is 23.8 Å². The fourth-order valence-corrected chi connectivity index (χ4v) is 4.29. The molecule has 0 amide bonds. The third kappa shape index (κ3) is 2.15. The molecule has 0 bridgehead atoms. The second-order valence-corrected chi connectivity index (χ2v) is 7.01. The standard InChI is InChI=1S/C15H15BrOS/c1-10-2-3-11-4-5-15(17,14(11)6-10)8-13-7-12(16)9-18-13/h2-3,6-7,9,17H,4-5,8H2,1H3. The van der Waals surface area contributed by atoms with Gasteiger partial charge in [0, 0.05) is 21.2 Å². The second kappa shape index (κ2) is 4.48. The molecule has 1 aromatic heterocycles. The number of rotatable bonds is 2. The molecule has 3 rings (SSSR count). The molecule has 0 aliphatic heterocycles. The predicted octanol–water partition coefficient (Wildman–Crippen LogP) is 4.20. The first-order valence-corrected chi connectivity index (χ1v) is 7.79. The van der Waals surface area contributed by atoms with Crippen LogP contribution in [0.25, 0.3) is 0 Å². The summed E-state index contributed by atoms with van der Waals surface area (Å²) in [5, 5.41) is 13.0. The number of hydrogen-bond donors (Lipinski definition) is 1. The van der Waals surface area contributed by atoms with Gasteiger partial charge in [0.1, 0.15) is 0 Å². The first-order valence-electron chi connectivity index (χ1n) is 6.12. The number of thiophene rings is 1. The van der Waals surface area contributed by atoms with Crippen LogP contribution in [0.5, 0.6) is 0 Å². The molecule has 0 spiro atoms. The highest BCUT2D eigenvalue weighted by Crippen LogP contribution is 2.41. The second-order valence-electron chi connectivity index (χ2n) is 5.10. The van der Waals surface area contributed by atoms with Crippen molar-refractivity contribution >= 4 is 27.3 Å². The van der Waals surface area contributed by atoms with Crippen LogP contribution in [0.15, 0.2) is 34.1 Å². The lowest BCUT2D eigenvalue weighted by Crippen LogP contribution is -2.24. The van der Waals surface area contributed by atoms with E-state index in [1.54, 1.807) is 11.3 Å². The molecule has 94 valence electrons. The number of fused-ring (bicyclic) bond motifs is 1. The molecule has 1 aliphatic carbocycles. The lowest BCUT2D eigenvalue weighted by molar-refractivity contribution is 0.0397. The van der Waals surface area contributed by atoms with Crippen molar-refractivity contribution < 1.29 is 5.11 Å². The van der Waals surface area contributed by atoms with Gasteiger partial charge in [-0.25, -0.2) is 0 Å². The smallest absolute Gasteiger partial charge is 0.0950 e. The molecule has 2 aromatic rings. The van der Waals surface area contributed by atoms with Crippen LogP contribution in [0.4, 0.5) is 0 Å². The quantitative estimate of drug-likeness (QED) is 0.878. The van der Waals surface area contributed by atoms with E-state index in [1.165, 1.54) is 16.0 Å². The Morgan fingerprint density at radius 3 is 2.94 bits per heavy atom. The summed E-state index contributed by atoms with van der Waals surface area (Å²) < 4.78 is 1.11. The van der Waals surface area contributed by atoms with E-state index in [2.05, 4.69) is 52.5 Å². The number of benzene rings is 1. The largest absolute Gasteiger partial charge is 0.385 e. The summed E-state index contributed by atoms with van der Waals surface area (Å²) in [7, 11) is 0.